The molecule has 0 aromatic heterocycles. The predicted octanol–water partition coefficient (Wildman–Crippen LogP) is 0.792. The lowest BCUT2D eigenvalue weighted by Crippen LogP contribution is -2.49. The van der Waals surface area contributed by atoms with Crippen LogP contribution < -0.4 is 11.1 Å². The minimum absolute atomic E-state index is 0.0207. The topological polar surface area (TPSA) is 67.6 Å². The second-order valence-corrected chi connectivity index (χ2v) is 4.85. The summed E-state index contributed by atoms with van der Waals surface area (Å²) in [5.74, 6) is 0.734. The molecular formula is C12H25N3O2. The number of urea groups is 1. The summed E-state index contributed by atoms with van der Waals surface area (Å²) < 4.78 is 5.07. The molecule has 1 aliphatic heterocycles. The van der Waals surface area contributed by atoms with Gasteiger partial charge in [-0.05, 0) is 31.7 Å². The first-order valence-electron chi connectivity index (χ1n) is 6.41. The number of nitrogens with two attached hydrogens (primary N) is 1. The number of hydrogen-bond acceptors (Lipinski definition) is 3. The van der Waals surface area contributed by atoms with Crippen LogP contribution in [-0.4, -0.2) is 50.3 Å². The molecule has 1 fully saturated rings. The molecule has 1 rings (SSSR count). The molecule has 0 bridgehead atoms. The van der Waals surface area contributed by atoms with E-state index in [-0.39, 0.29) is 12.1 Å². The third kappa shape index (κ3) is 4.91. The van der Waals surface area contributed by atoms with Crippen LogP contribution >= 0.6 is 0 Å². The molecule has 0 saturated carbocycles. The highest BCUT2D eigenvalue weighted by Gasteiger charge is 2.21. The SMILES string of the molecule is COCC(CCN)NC(=O)N1CCC(C)CC1. The van der Waals surface area contributed by atoms with Gasteiger partial charge in [-0.3, -0.25) is 0 Å². The average Bonchev–Trinajstić information content (AvgIpc) is 2.30. The molecular weight excluding hydrogens is 218 g/mol. The highest BCUT2D eigenvalue weighted by atomic mass is 16.5. The van der Waals surface area contributed by atoms with E-state index in [1.165, 1.54) is 0 Å². The molecule has 0 radical (unpaired) electrons. The van der Waals surface area contributed by atoms with Crippen molar-refractivity contribution in [2.75, 3.05) is 33.4 Å². The number of hydrogen-bond donors (Lipinski definition) is 2. The van der Waals surface area contributed by atoms with Crippen molar-refractivity contribution in [1.29, 1.82) is 0 Å². The van der Waals surface area contributed by atoms with Crippen molar-refractivity contribution < 1.29 is 9.53 Å². The van der Waals surface area contributed by atoms with Crippen molar-refractivity contribution in [2.45, 2.75) is 32.2 Å². The lowest BCUT2D eigenvalue weighted by molar-refractivity contribution is 0.143. The van der Waals surface area contributed by atoms with Gasteiger partial charge in [0, 0.05) is 20.2 Å². The molecule has 5 nitrogen and oxygen atoms in total. The largest absolute Gasteiger partial charge is 0.383 e. The number of carbonyl (C=O) groups is 1. The van der Waals surface area contributed by atoms with Crippen molar-refractivity contribution in [3.8, 4) is 0 Å². The molecule has 0 aliphatic carbocycles. The van der Waals surface area contributed by atoms with Gasteiger partial charge in [-0.25, -0.2) is 4.79 Å². The number of likely N-dealkylation sites (tertiary alicyclic amines) is 1. The number of rotatable bonds is 5. The zero-order valence-corrected chi connectivity index (χ0v) is 10.9. The Hall–Kier alpha value is -0.810. The van der Waals surface area contributed by atoms with Crippen LogP contribution in [0.3, 0.4) is 0 Å². The minimum atomic E-state index is 0.0207. The van der Waals surface area contributed by atoms with E-state index in [0.717, 1.165) is 38.3 Å². The summed E-state index contributed by atoms with van der Waals surface area (Å²) in [6.07, 6.45) is 2.95. The number of nitrogens with one attached hydrogen (secondary N) is 1. The minimum Gasteiger partial charge on any atom is -0.383 e. The molecule has 0 aromatic carbocycles. The van der Waals surface area contributed by atoms with Gasteiger partial charge in [-0.1, -0.05) is 6.92 Å². The van der Waals surface area contributed by atoms with E-state index in [4.69, 9.17) is 10.5 Å². The van der Waals surface area contributed by atoms with E-state index < -0.39 is 0 Å². The van der Waals surface area contributed by atoms with Crippen molar-refractivity contribution >= 4 is 6.03 Å². The van der Waals surface area contributed by atoms with Gasteiger partial charge in [0.05, 0.1) is 12.6 Å². The van der Waals surface area contributed by atoms with E-state index in [2.05, 4.69) is 12.2 Å². The Balaban J connectivity index is 2.35. The molecule has 1 unspecified atom stereocenters. The maximum Gasteiger partial charge on any atom is 0.317 e. The first-order chi connectivity index (χ1) is 8.17. The highest BCUT2D eigenvalue weighted by Crippen LogP contribution is 2.15. The Kier molecular flexibility index (Phi) is 6.29. The van der Waals surface area contributed by atoms with E-state index in [1.807, 2.05) is 4.90 Å². The Labute approximate surface area is 104 Å². The lowest BCUT2D eigenvalue weighted by Gasteiger charge is -2.31. The zero-order valence-electron chi connectivity index (χ0n) is 10.9. The van der Waals surface area contributed by atoms with Crippen LogP contribution in [0.15, 0.2) is 0 Å². The van der Waals surface area contributed by atoms with Gasteiger partial charge < -0.3 is 20.7 Å². The van der Waals surface area contributed by atoms with Crippen LogP contribution in [0.5, 0.6) is 0 Å². The Morgan fingerprint density at radius 1 is 1.53 bits per heavy atom. The Morgan fingerprint density at radius 2 is 2.18 bits per heavy atom. The molecule has 0 aromatic rings. The van der Waals surface area contributed by atoms with Gasteiger partial charge >= 0.3 is 6.03 Å². The van der Waals surface area contributed by atoms with Crippen molar-refractivity contribution in [3.05, 3.63) is 0 Å². The summed E-state index contributed by atoms with van der Waals surface area (Å²) >= 11 is 0. The molecule has 1 saturated heterocycles. The normalized spacial score (nSPS) is 19.1. The monoisotopic (exact) mass is 243 g/mol. The summed E-state index contributed by atoms with van der Waals surface area (Å²) in [6, 6.07) is 0.0456. The highest BCUT2D eigenvalue weighted by molar-refractivity contribution is 5.74. The maximum atomic E-state index is 12.0. The quantitative estimate of drug-likeness (QED) is 0.750. The number of ether oxygens (including phenoxy) is 1. The van der Waals surface area contributed by atoms with Crippen LogP contribution in [-0.2, 0) is 4.74 Å². The second-order valence-electron chi connectivity index (χ2n) is 4.85. The summed E-state index contributed by atoms with van der Waals surface area (Å²) in [6.45, 7) is 5.03. The van der Waals surface area contributed by atoms with Gasteiger partial charge in [0.2, 0.25) is 0 Å². The number of piperidine rings is 1. The van der Waals surface area contributed by atoms with Crippen molar-refractivity contribution in [3.63, 3.8) is 0 Å². The van der Waals surface area contributed by atoms with E-state index >= 15 is 0 Å². The number of amides is 2. The number of nitrogens with zero attached hydrogens (tertiary/aromatic N) is 1. The van der Waals surface area contributed by atoms with Gasteiger partial charge in [-0.2, -0.15) is 0 Å². The fourth-order valence-electron chi connectivity index (χ4n) is 2.08. The second kappa shape index (κ2) is 7.50. The van der Waals surface area contributed by atoms with Crippen LogP contribution in [0.25, 0.3) is 0 Å². The molecule has 5 heteroatoms. The third-order valence-corrected chi connectivity index (χ3v) is 3.28. The van der Waals surface area contributed by atoms with Crippen LogP contribution in [0.1, 0.15) is 26.2 Å². The number of carbonyl (C=O) groups excluding carboxylic acids is 1. The molecule has 3 N–H and O–H groups in total. The van der Waals surface area contributed by atoms with Crippen LogP contribution in [0.4, 0.5) is 4.79 Å². The van der Waals surface area contributed by atoms with Gasteiger partial charge in [0.25, 0.3) is 0 Å². The molecule has 17 heavy (non-hydrogen) atoms. The summed E-state index contributed by atoms with van der Waals surface area (Å²) in [5.41, 5.74) is 5.51. The smallest absolute Gasteiger partial charge is 0.317 e. The lowest BCUT2D eigenvalue weighted by atomic mass is 10.00. The standard InChI is InChI=1S/C12H25N3O2/c1-10-4-7-15(8-5-10)12(16)14-11(3-6-13)9-17-2/h10-11H,3-9,13H2,1-2H3,(H,14,16). The zero-order chi connectivity index (χ0) is 12.7. The summed E-state index contributed by atoms with van der Waals surface area (Å²) in [7, 11) is 1.64. The van der Waals surface area contributed by atoms with Crippen LogP contribution in [0.2, 0.25) is 0 Å². The molecule has 0 spiro atoms. The average molecular weight is 243 g/mol. The van der Waals surface area contributed by atoms with E-state index in [9.17, 15) is 4.79 Å². The van der Waals surface area contributed by atoms with Crippen molar-refractivity contribution in [2.24, 2.45) is 11.7 Å². The van der Waals surface area contributed by atoms with Crippen molar-refractivity contribution in [1.82, 2.24) is 10.2 Å². The molecule has 2 amide bonds. The fraction of sp³-hybridized carbons (Fsp3) is 0.917. The van der Waals surface area contributed by atoms with Crippen LogP contribution in [0, 0.1) is 5.92 Å². The molecule has 100 valence electrons. The van der Waals surface area contributed by atoms with E-state index in [1.54, 1.807) is 7.11 Å². The fourth-order valence-corrected chi connectivity index (χ4v) is 2.08. The first-order valence-corrected chi connectivity index (χ1v) is 6.41. The first kappa shape index (κ1) is 14.3. The van der Waals surface area contributed by atoms with E-state index in [0.29, 0.717) is 13.2 Å². The third-order valence-electron chi connectivity index (χ3n) is 3.28. The molecule has 1 atom stereocenters. The predicted molar refractivity (Wildman–Crippen MR) is 67.8 cm³/mol. The number of methoxy groups -OCH3 is 1. The Morgan fingerprint density at radius 3 is 2.71 bits per heavy atom. The van der Waals surface area contributed by atoms with Gasteiger partial charge in [0.15, 0.2) is 0 Å². The van der Waals surface area contributed by atoms with Gasteiger partial charge in [-0.15, -0.1) is 0 Å². The Bertz CT molecular complexity index is 222. The molecule has 1 aliphatic rings. The maximum absolute atomic E-state index is 12.0. The summed E-state index contributed by atoms with van der Waals surface area (Å²) in [4.78, 5) is 13.9. The molecule has 1 heterocycles. The summed E-state index contributed by atoms with van der Waals surface area (Å²) in [5, 5.41) is 2.99. The van der Waals surface area contributed by atoms with Gasteiger partial charge in [0.1, 0.15) is 0 Å².